The van der Waals surface area contributed by atoms with E-state index in [1.807, 2.05) is 20.8 Å². The van der Waals surface area contributed by atoms with Crippen LogP contribution in [-0.2, 0) is 14.3 Å². The average molecular weight is 255 g/mol. The van der Waals surface area contributed by atoms with Gasteiger partial charge in [-0.15, -0.1) is 0 Å². The Hall–Kier alpha value is -1.26. The Kier molecular flexibility index (Phi) is 3.25. The number of esters is 1. The molecule has 0 aromatic rings. The van der Waals surface area contributed by atoms with Crippen LogP contribution in [0.3, 0.4) is 0 Å². The van der Waals surface area contributed by atoms with E-state index in [9.17, 15) is 9.59 Å². The highest BCUT2D eigenvalue weighted by molar-refractivity contribution is 5.77. The lowest BCUT2D eigenvalue weighted by atomic mass is 9.89. The van der Waals surface area contributed by atoms with Gasteiger partial charge in [0.05, 0.1) is 13.0 Å². The molecule has 2 bridgehead atoms. The van der Waals surface area contributed by atoms with E-state index >= 15 is 0 Å². The molecule has 18 heavy (non-hydrogen) atoms. The minimum absolute atomic E-state index is 0.0442. The van der Waals surface area contributed by atoms with Crippen molar-refractivity contribution in [1.29, 1.82) is 0 Å². The monoisotopic (exact) mass is 255 g/mol. The summed E-state index contributed by atoms with van der Waals surface area (Å²) in [5.74, 6) is -0.392. The topological polar surface area (TPSA) is 55.8 Å². The molecular formula is C13H21NO4. The zero-order valence-electron chi connectivity index (χ0n) is 11.4. The Morgan fingerprint density at radius 1 is 1.22 bits per heavy atom. The summed E-state index contributed by atoms with van der Waals surface area (Å²) in [5.41, 5.74) is -0.500. The Labute approximate surface area is 107 Å². The van der Waals surface area contributed by atoms with Crippen molar-refractivity contribution in [2.24, 2.45) is 5.92 Å². The van der Waals surface area contributed by atoms with Crippen LogP contribution in [0.2, 0.25) is 0 Å². The van der Waals surface area contributed by atoms with Crippen molar-refractivity contribution in [3.8, 4) is 0 Å². The second-order valence-corrected chi connectivity index (χ2v) is 6.05. The first-order valence-corrected chi connectivity index (χ1v) is 6.42. The molecule has 0 saturated carbocycles. The second-order valence-electron chi connectivity index (χ2n) is 6.05. The summed E-state index contributed by atoms with van der Waals surface area (Å²) in [7, 11) is 1.39. The predicted octanol–water partition coefficient (Wildman–Crippen LogP) is 1.95. The van der Waals surface area contributed by atoms with Gasteiger partial charge in [-0.05, 0) is 40.0 Å². The first kappa shape index (κ1) is 13.2. The van der Waals surface area contributed by atoms with Crippen LogP contribution in [0.15, 0.2) is 0 Å². The number of hydrogen-bond donors (Lipinski definition) is 0. The normalized spacial score (nSPS) is 30.4. The molecule has 0 aromatic heterocycles. The van der Waals surface area contributed by atoms with Crippen LogP contribution in [-0.4, -0.2) is 41.8 Å². The molecule has 102 valence electrons. The zero-order valence-corrected chi connectivity index (χ0v) is 11.4. The zero-order chi connectivity index (χ0) is 13.5. The van der Waals surface area contributed by atoms with Crippen LogP contribution in [0.5, 0.6) is 0 Å². The molecule has 0 aromatic carbocycles. The second kappa shape index (κ2) is 4.44. The molecule has 0 N–H and O–H groups in total. The Morgan fingerprint density at radius 3 is 2.44 bits per heavy atom. The molecule has 5 nitrogen and oxygen atoms in total. The maximum Gasteiger partial charge on any atom is 0.410 e. The number of rotatable bonds is 1. The van der Waals surface area contributed by atoms with Crippen LogP contribution in [0.25, 0.3) is 0 Å². The van der Waals surface area contributed by atoms with E-state index < -0.39 is 5.60 Å². The van der Waals surface area contributed by atoms with Crippen molar-refractivity contribution in [3.63, 3.8) is 0 Å². The Bertz CT molecular complexity index is 360. The number of nitrogens with zero attached hydrogens (tertiary/aromatic N) is 1. The molecule has 5 heteroatoms. The minimum Gasteiger partial charge on any atom is -0.469 e. The van der Waals surface area contributed by atoms with Gasteiger partial charge in [0.25, 0.3) is 0 Å². The quantitative estimate of drug-likeness (QED) is 0.672. The van der Waals surface area contributed by atoms with Crippen molar-refractivity contribution in [3.05, 3.63) is 0 Å². The van der Waals surface area contributed by atoms with Crippen molar-refractivity contribution >= 4 is 12.1 Å². The molecule has 2 fully saturated rings. The fourth-order valence-corrected chi connectivity index (χ4v) is 2.99. The molecule has 0 aliphatic carbocycles. The van der Waals surface area contributed by atoms with E-state index in [0.29, 0.717) is 6.42 Å². The summed E-state index contributed by atoms with van der Waals surface area (Å²) >= 11 is 0. The lowest BCUT2D eigenvalue weighted by molar-refractivity contribution is -0.146. The average Bonchev–Trinajstić information content (AvgIpc) is 2.82. The van der Waals surface area contributed by atoms with Gasteiger partial charge in [0.1, 0.15) is 5.60 Å². The van der Waals surface area contributed by atoms with E-state index in [2.05, 4.69) is 0 Å². The van der Waals surface area contributed by atoms with E-state index in [1.54, 1.807) is 4.90 Å². The van der Waals surface area contributed by atoms with Crippen molar-refractivity contribution in [2.45, 2.75) is 57.7 Å². The molecule has 0 spiro atoms. The number of amides is 1. The standard InChI is InChI=1S/C13H21NO4/c1-13(2,3)18-12(16)14-8-5-6-10(14)9(7-8)11(15)17-4/h8-10H,5-7H2,1-4H3/t8-,9+,10+/m0/s1. The van der Waals surface area contributed by atoms with Gasteiger partial charge in [-0.25, -0.2) is 4.79 Å². The van der Waals surface area contributed by atoms with Crippen molar-refractivity contribution in [2.75, 3.05) is 7.11 Å². The molecule has 2 aliphatic rings. The maximum atomic E-state index is 12.1. The summed E-state index contributed by atoms with van der Waals surface area (Å²) < 4.78 is 10.2. The molecule has 0 unspecified atom stereocenters. The number of carbonyl (C=O) groups is 2. The van der Waals surface area contributed by atoms with Crippen LogP contribution in [0.4, 0.5) is 4.79 Å². The molecular weight excluding hydrogens is 234 g/mol. The number of hydrogen-bond acceptors (Lipinski definition) is 4. The molecule has 2 heterocycles. The lowest BCUT2D eigenvalue weighted by Gasteiger charge is -2.27. The van der Waals surface area contributed by atoms with E-state index in [4.69, 9.17) is 9.47 Å². The fourth-order valence-electron chi connectivity index (χ4n) is 2.99. The van der Waals surface area contributed by atoms with Crippen LogP contribution >= 0.6 is 0 Å². The third-order valence-corrected chi connectivity index (χ3v) is 3.65. The smallest absolute Gasteiger partial charge is 0.410 e. The molecule has 0 radical (unpaired) electrons. The first-order valence-electron chi connectivity index (χ1n) is 6.42. The fraction of sp³-hybridized carbons (Fsp3) is 0.846. The number of fused-ring (bicyclic) bond motifs is 2. The number of methoxy groups -OCH3 is 1. The van der Waals surface area contributed by atoms with E-state index in [0.717, 1.165) is 12.8 Å². The SMILES string of the molecule is COC(=O)[C@@H]1C[C@@H]2CC[C@H]1N2C(=O)OC(C)(C)C. The summed E-state index contributed by atoms with van der Waals surface area (Å²) in [6, 6.07) is 0.0891. The Morgan fingerprint density at radius 2 is 1.89 bits per heavy atom. The maximum absolute atomic E-state index is 12.1. The molecule has 3 atom stereocenters. The third-order valence-electron chi connectivity index (χ3n) is 3.65. The Balaban J connectivity index is 2.07. The van der Waals surface area contributed by atoms with Gasteiger partial charge in [0, 0.05) is 12.1 Å². The van der Waals surface area contributed by atoms with Crippen LogP contribution < -0.4 is 0 Å². The summed E-state index contributed by atoms with van der Waals surface area (Å²) in [4.78, 5) is 25.5. The van der Waals surface area contributed by atoms with Gasteiger partial charge in [-0.3, -0.25) is 4.79 Å². The summed E-state index contributed by atoms with van der Waals surface area (Å²) in [6.07, 6.45) is 2.22. The van der Waals surface area contributed by atoms with Crippen molar-refractivity contribution in [1.82, 2.24) is 4.90 Å². The van der Waals surface area contributed by atoms with Gasteiger partial charge in [0.2, 0.25) is 0 Å². The first-order chi connectivity index (χ1) is 8.33. The number of ether oxygens (including phenoxy) is 2. The highest BCUT2D eigenvalue weighted by Crippen LogP contribution is 2.42. The molecule has 1 amide bonds. The minimum atomic E-state index is -0.500. The van der Waals surface area contributed by atoms with Gasteiger partial charge >= 0.3 is 12.1 Å². The van der Waals surface area contributed by atoms with Gasteiger partial charge < -0.3 is 14.4 Å². The highest BCUT2D eigenvalue weighted by Gasteiger charge is 2.52. The predicted molar refractivity (Wildman–Crippen MR) is 65.0 cm³/mol. The lowest BCUT2D eigenvalue weighted by Crippen LogP contribution is -2.41. The number of carbonyl (C=O) groups excluding carboxylic acids is 2. The molecule has 2 saturated heterocycles. The highest BCUT2D eigenvalue weighted by atomic mass is 16.6. The van der Waals surface area contributed by atoms with Crippen LogP contribution in [0, 0.1) is 5.92 Å². The van der Waals surface area contributed by atoms with Gasteiger partial charge in [0.15, 0.2) is 0 Å². The molecule has 2 aliphatic heterocycles. The van der Waals surface area contributed by atoms with Crippen LogP contribution in [0.1, 0.15) is 40.0 Å². The molecule has 2 rings (SSSR count). The van der Waals surface area contributed by atoms with E-state index in [1.165, 1.54) is 7.11 Å². The van der Waals surface area contributed by atoms with Crippen molar-refractivity contribution < 1.29 is 19.1 Å². The largest absolute Gasteiger partial charge is 0.469 e. The summed E-state index contributed by atoms with van der Waals surface area (Å²) in [5, 5.41) is 0. The third kappa shape index (κ3) is 2.31. The van der Waals surface area contributed by atoms with Gasteiger partial charge in [-0.2, -0.15) is 0 Å². The van der Waals surface area contributed by atoms with Gasteiger partial charge in [-0.1, -0.05) is 0 Å². The summed E-state index contributed by atoms with van der Waals surface area (Å²) in [6.45, 7) is 5.54. The van der Waals surface area contributed by atoms with E-state index in [-0.39, 0.29) is 30.1 Å².